The number of sulfone groups is 1. The highest BCUT2D eigenvalue weighted by molar-refractivity contribution is 7.91. The molecule has 7 heteroatoms. The summed E-state index contributed by atoms with van der Waals surface area (Å²) in [6.45, 7) is -0.132. The van der Waals surface area contributed by atoms with E-state index in [1.54, 1.807) is 36.4 Å². The molecule has 2 amide bonds. The lowest BCUT2D eigenvalue weighted by molar-refractivity contribution is -0.132. The number of anilines is 1. The summed E-state index contributed by atoms with van der Waals surface area (Å²) in [5, 5.41) is 2.70. The van der Waals surface area contributed by atoms with E-state index in [1.807, 2.05) is 12.1 Å². The van der Waals surface area contributed by atoms with Gasteiger partial charge in [0.1, 0.15) is 0 Å². The summed E-state index contributed by atoms with van der Waals surface area (Å²) in [6.07, 6.45) is 2.78. The minimum Gasteiger partial charge on any atom is -0.336 e. The van der Waals surface area contributed by atoms with Crippen LogP contribution in [-0.2, 0) is 32.3 Å². The van der Waals surface area contributed by atoms with Gasteiger partial charge in [-0.3, -0.25) is 9.59 Å². The Morgan fingerprint density at radius 3 is 2.50 bits per heavy atom. The summed E-state index contributed by atoms with van der Waals surface area (Å²) in [6, 6.07) is 14.2. The molecule has 0 fully saturated rings. The molecule has 0 heterocycles. The maximum atomic E-state index is 12.6. The van der Waals surface area contributed by atoms with Gasteiger partial charge < -0.3 is 10.2 Å². The molecule has 2 aromatic rings. The van der Waals surface area contributed by atoms with Gasteiger partial charge in [0.25, 0.3) is 0 Å². The van der Waals surface area contributed by atoms with Crippen molar-refractivity contribution >= 4 is 27.3 Å². The van der Waals surface area contributed by atoms with Crippen LogP contribution in [0.1, 0.15) is 24.0 Å². The molecule has 0 saturated heterocycles. The third kappa shape index (κ3) is 4.98. The number of hydrogen-bond acceptors (Lipinski definition) is 4. The Bertz CT molecular complexity index is 971. The lowest BCUT2D eigenvalue weighted by Crippen LogP contribution is -2.35. The lowest BCUT2D eigenvalue weighted by atomic mass is 10.1. The number of fused-ring (bicyclic) bond motifs is 1. The van der Waals surface area contributed by atoms with Crippen LogP contribution in [0, 0.1) is 0 Å². The van der Waals surface area contributed by atoms with E-state index in [9.17, 15) is 18.0 Å². The highest BCUT2D eigenvalue weighted by atomic mass is 32.2. The molecule has 0 bridgehead atoms. The molecule has 0 atom stereocenters. The van der Waals surface area contributed by atoms with E-state index < -0.39 is 9.84 Å². The minimum absolute atomic E-state index is 0.132. The first-order valence-electron chi connectivity index (χ1n) is 9.28. The van der Waals surface area contributed by atoms with Gasteiger partial charge in [-0.15, -0.1) is 0 Å². The van der Waals surface area contributed by atoms with Crippen molar-refractivity contribution in [2.24, 2.45) is 0 Å². The van der Waals surface area contributed by atoms with Crippen LogP contribution in [0.25, 0.3) is 0 Å². The van der Waals surface area contributed by atoms with E-state index in [4.69, 9.17) is 0 Å². The number of rotatable bonds is 7. The summed E-state index contributed by atoms with van der Waals surface area (Å²) in [5.74, 6) is -0.980. The summed E-state index contributed by atoms with van der Waals surface area (Å²) < 4.78 is 25.1. The van der Waals surface area contributed by atoms with Crippen molar-refractivity contribution in [2.45, 2.75) is 30.6 Å². The average Bonchev–Trinajstić information content (AvgIpc) is 3.14. The molecule has 28 heavy (non-hydrogen) atoms. The van der Waals surface area contributed by atoms with Crippen LogP contribution in [0.15, 0.2) is 53.4 Å². The predicted octanol–water partition coefficient (Wildman–Crippen LogP) is 2.44. The number of benzene rings is 2. The van der Waals surface area contributed by atoms with Crippen LogP contribution in [0.2, 0.25) is 0 Å². The topological polar surface area (TPSA) is 83.6 Å². The first-order chi connectivity index (χ1) is 13.3. The van der Waals surface area contributed by atoms with Gasteiger partial charge in [-0.1, -0.05) is 24.3 Å². The first kappa shape index (κ1) is 20.1. The van der Waals surface area contributed by atoms with Gasteiger partial charge in [0, 0.05) is 19.2 Å². The molecule has 3 rings (SSSR count). The third-order valence-corrected chi connectivity index (χ3v) is 6.59. The number of likely N-dealkylation sites (N-methyl/N-ethyl adjacent to an activating group) is 1. The molecule has 1 aliphatic rings. The SMILES string of the molecule is CN(CC(=O)Nc1ccccc1)C(=O)CCS(=O)(=O)c1ccc2c(c1)CCC2. The summed E-state index contributed by atoms with van der Waals surface area (Å²) in [5.41, 5.74) is 2.94. The molecule has 1 aliphatic carbocycles. The van der Waals surface area contributed by atoms with Gasteiger partial charge in [0.2, 0.25) is 11.8 Å². The number of carbonyl (C=O) groups is 2. The Labute approximate surface area is 165 Å². The summed E-state index contributed by atoms with van der Waals surface area (Å²) >= 11 is 0. The Kier molecular flexibility index (Phi) is 6.14. The second-order valence-corrected chi connectivity index (χ2v) is 9.13. The van der Waals surface area contributed by atoms with Crippen LogP contribution in [0.3, 0.4) is 0 Å². The maximum Gasteiger partial charge on any atom is 0.243 e. The first-order valence-corrected chi connectivity index (χ1v) is 10.9. The molecule has 0 unspecified atom stereocenters. The van der Waals surface area contributed by atoms with Gasteiger partial charge in [-0.25, -0.2) is 8.42 Å². The summed E-state index contributed by atoms with van der Waals surface area (Å²) in [4.78, 5) is 25.8. The van der Waals surface area contributed by atoms with Crippen molar-refractivity contribution in [2.75, 3.05) is 24.7 Å². The Balaban J connectivity index is 1.53. The van der Waals surface area contributed by atoms with Crippen LogP contribution >= 0.6 is 0 Å². The zero-order chi connectivity index (χ0) is 20.1. The van der Waals surface area contributed by atoms with E-state index in [1.165, 1.54) is 17.5 Å². The zero-order valence-electron chi connectivity index (χ0n) is 15.8. The van der Waals surface area contributed by atoms with Gasteiger partial charge in [-0.2, -0.15) is 0 Å². The number of nitrogens with zero attached hydrogens (tertiary/aromatic N) is 1. The molecular weight excluding hydrogens is 376 g/mol. The van der Waals surface area contributed by atoms with Crippen LogP contribution in [-0.4, -0.2) is 44.5 Å². The zero-order valence-corrected chi connectivity index (χ0v) is 16.7. The third-order valence-electron chi connectivity index (χ3n) is 4.88. The molecular formula is C21H24N2O4S. The van der Waals surface area contributed by atoms with E-state index in [0.29, 0.717) is 5.69 Å². The van der Waals surface area contributed by atoms with Crippen molar-refractivity contribution in [3.05, 3.63) is 59.7 Å². The van der Waals surface area contributed by atoms with Crippen LogP contribution in [0.4, 0.5) is 5.69 Å². The fourth-order valence-corrected chi connectivity index (χ4v) is 4.57. The molecule has 0 radical (unpaired) electrons. The average molecular weight is 401 g/mol. The van der Waals surface area contributed by atoms with E-state index in [2.05, 4.69) is 5.32 Å². The van der Waals surface area contributed by atoms with Crippen molar-refractivity contribution < 1.29 is 18.0 Å². The van der Waals surface area contributed by atoms with Crippen molar-refractivity contribution in [1.29, 1.82) is 0 Å². The highest BCUT2D eigenvalue weighted by Gasteiger charge is 2.21. The van der Waals surface area contributed by atoms with E-state index in [0.717, 1.165) is 24.8 Å². The largest absolute Gasteiger partial charge is 0.336 e. The standard InChI is InChI=1S/C21H24N2O4S/c1-23(15-20(24)22-18-8-3-2-4-9-18)21(25)12-13-28(26,27)19-11-10-16-6-5-7-17(16)14-19/h2-4,8-11,14H,5-7,12-13,15H2,1H3,(H,22,24). The van der Waals surface area contributed by atoms with Gasteiger partial charge in [0.05, 0.1) is 17.2 Å². The van der Waals surface area contributed by atoms with Crippen molar-refractivity contribution in [3.8, 4) is 0 Å². The number of para-hydroxylation sites is 1. The number of amides is 2. The fourth-order valence-electron chi connectivity index (χ4n) is 3.30. The molecule has 1 N–H and O–H groups in total. The van der Waals surface area contributed by atoms with Gasteiger partial charge in [0.15, 0.2) is 9.84 Å². The summed E-state index contributed by atoms with van der Waals surface area (Å²) in [7, 11) is -2.04. The van der Waals surface area contributed by atoms with Crippen molar-refractivity contribution in [1.82, 2.24) is 4.90 Å². The molecule has 0 aromatic heterocycles. The molecule has 148 valence electrons. The quantitative estimate of drug-likeness (QED) is 0.774. The molecule has 2 aromatic carbocycles. The lowest BCUT2D eigenvalue weighted by Gasteiger charge is -2.17. The van der Waals surface area contributed by atoms with Crippen LogP contribution < -0.4 is 5.32 Å². The van der Waals surface area contributed by atoms with E-state index in [-0.39, 0.29) is 35.4 Å². The van der Waals surface area contributed by atoms with E-state index >= 15 is 0 Å². The predicted molar refractivity (Wildman–Crippen MR) is 108 cm³/mol. The maximum absolute atomic E-state index is 12.6. The smallest absolute Gasteiger partial charge is 0.243 e. The molecule has 6 nitrogen and oxygen atoms in total. The minimum atomic E-state index is -3.54. The number of nitrogens with one attached hydrogen (secondary N) is 1. The highest BCUT2D eigenvalue weighted by Crippen LogP contribution is 2.25. The number of aryl methyl sites for hydroxylation is 2. The molecule has 0 spiro atoms. The van der Waals surface area contributed by atoms with Gasteiger partial charge in [-0.05, 0) is 54.7 Å². The van der Waals surface area contributed by atoms with Gasteiger partial charge >= 0.3 is 0 Å². The Morgan fingerprint density at radius 2 is 1.75 bits per heavy atom. The fraction of sp³-hybridized carbons (Fsp3) is 0.333. The van der Waals surface area contributed by atoms with Crippen molar-refractivity contribution in [3.63, 3.8) is 0 Å². The monoisotopic (exact) mass is 400 g/mol. The molecule has 0 saturated carbocycles. The Hall–Kier alpha value is -2.67. The second-order valence-electron chi connectivity index (χ2n) is 7.02. The second kappa shape index (κ2) is 8.56. The Morgan fingerprint density at radius 1 is 1.04 bits per heavy atom. The molecule has 0 aliphatic heterocycles. The van der Waals surface area contributed by atoms with Crippen LogP contribution in [0.5, 0.6) is 0 Å². The normalized spacial score (nSPS) is 13.0. The number of hydrogen-bond donors (Lipinski definition) is 1. The number of carbonyl (C=O) groups excluding carboxylic acids is 2.